The lowest BCUT2D eigenvalue weighted by Gasteiger charge is -2.11. The van der Waals surface area contributed by atoms with E-state index in [2.05, 4.69) is 5.32 Å². The SMILES string of the molecule is O=C(NC(=O)c1c(F)cccc1F)Nc1ccc(Oc2ccc(Sc3ccc(Cl)cc3)cc2)c(Cl)c1. The molecule has 5 nitrogen and oxygen atoms in total. The van der Waals surface area contributed by atoms with E-state index >= 15 is 0 Å². The number of carbonyl (C=O) groups excluding carboxylic acids is 2. The first-order valence-electron chi connectivity index (χ1n) is 10.4. The maximum atomic E-state index is 13.7. The van der Waals surface area contributed by atoms with Crippen LogP contribution >= 0.6 is 35.0 Å². The smallest absolute Gasteiger partial charge is 0.326 e. The van der Waals surface area contributed by atoms with Gasteiger partial charge in [0.25, 0.3) is 5.91 Å². The molecule has 10 heteroatoms. The number of rotatable bonds is 6. The van der Waals surface area contributed by atoms with Crippen LogP contribution in [0.2, 0.25) is 10.0 Å². The average Bonchev–Trinajstić information content (AvgIpc) is 2.83. The highest BCUT2D eigenvalue weighted by molar-refractivity contribution is 7.99. The molecular formula is C26H16Cl2F2N2O3S. The van der Waals surface area contributed by atoms with Crippen LogP contribution < -0.4 is 15.4 Å². The Morgan fingerprint density at radius 2 is 1.42 bits per heavy atom. The summed E-state index contributed by atoms with van der Waals surface area (Å²) in [7, 11) is 0. The zero-order chi connectivity index (χ0) is 25.7. The molecule has 0 saturated carbocycles. The summed E-state index contributed by atoms with van der Waals surface area (Å²) in [5, 5.41) is 5.12. The maximum Gasteiger partial charge on any atom is 0.326 e. The molecule has 4 aromatic carbocycles. The van der Waals surface area contributed by atoms with Crippen molar-refractivity contribution in [2.75, 3.05) is 5.32 Å². The number of urea groups is 1. The Labute approximate surface area is 219 Å². The van der Waals surface area contributed by atoms with Gasteiger partial charge in [-0.15, -0.1) is 0 Å². The van der Waals surface area contributed by atoms with Crippen LogP contribution in [0.25, 0.3) is 0 Å². The largest absolute Gasteiger partial charge is 0.456 e. The van der Waals surface area contributed by atoms with E-state index in [1.54, 1.807) is 23.9 Å². The van der Waals surface area contributed by atoms with Crippen LogP contribution in [-0.4, -0.2) is 11.9 Å². The Balaban J connectivity index is 1.35. The summed E-state index contributed by atoms with van der Waals surface area (Å²) in [6.07, 6.45) is 0. The highest BCUT2D eigenvalue weighted by atomic mass is 35.5. The molecule has 0 radical (unpaired) electrons. The fraction of sp³-hybridized carbons (Fsp3) is 0. The zero-order valence-electron chi connectivity index (χ0n) is 18.2. The van der Waals surface area contributed by atoms with Crippen LogP contribution in [0.5, 0.6) is 11.5 Å². The molecule has 4 rings (SSSR count). The first-order valence-corrected chi connectivity index (χ1v) is 11.9. The van der Waals surface area contributed by atoms with Crippen LogP contribution in [0.4, 0.5) is 19.3 Å². The third-order valence-electron chi connectivity index (χ3n) is 4.71. The Morgan fingerprint density at radius 1 is 0.806 bits per heavy atom. The van der Waals surface area contributed by atoms with Gasteiger partial charge < -0.3 is 10.1 Å². The fourth-order valence-corrected chi connectivity index (χ4v) is 4.21. The number of halogens is 4. The molecule has 182 valence electrons. The second-order valence-electron chi connectivity index (χ2n) is 7.28. The average molecular weight is 545 g/mol. The molecule has 4 aromatic rings. The van der Waals surface area contributed by atoms with Gasteiger partial charge in [0.2, 0.25) is 0 Å². The lowest BCUT2D eigenvalue weighted by molar-refractivity contribution is 0.0959. The van der Waals surface area contributed by atoms with E-state index in [9.17, 15) is 18.4 Å². The number of anilines is 1. The number of amides is 3. The Hall–Kier alpha value is -3.59. The second kappa shape index (κ2) is 11.4. The third kappa shape index (κ3) is 6.54. The van der Waals surface area contributed by atoms with Crippen molar-refractivity contribution in [1.82, 2.24) is 5.32 Å². The summed E-state index contributed by atoms with van der Waals surface area (Å²) in [6, 6.07) is 21.3. The first kappa shape index (κ1) is 25.5. The molecule has 0 fully saturated rings. The number of nitrogens with one attached hydrogen (secondary N) is 2. The first-order chi connectivity index (χ1) is 17.3. The zero-order valence-corrected chi connectivity index (χ0v) is 20.6. The van der Waals surface area contributed by atoms with Gasteiger partial charge in [-0.1, -0.05) is 41.0 Å². The van der Waals surface area contributed by atoms with Gasteiger partial charge in [0.1, 0.15) is 28.7 Å². The van der Waals surface area contributed by atoms with Crippen LogP contribution in [0.15, 0.2) is 94.7 Å². The van der Waals surface area contributed by atoms with Gasteiger partial charge in [-0.25, -0.2) is 13.6 Å². The second-order valence-corrected chi connectivity index (χ2v) is 9.27. The molecule has 36 heavy (non-hydrogen) atoms. The van der Waals surface area contributed by atoms with Crippen molar-refractivity contribution >= 4 is 52.6 Å². The van der Waals surface area contributed by atoms with E-state index in [0.717, 1.165) is 28.0 Å². The number of benzene rings is 4. The molecule has 0 aromatic heterocycles. The van der Waals surface area contributed by atoms with Crippen molar-refractivity contribution in [3.05, 3.63) is 112 Å². The van der Waals surface area contributed by atoms with Gasteiger partial charge in [-0.3, -0.25) is 10.1 Å². The molecule has 0 bridgehead atoms. The summed E-state index contributed by atoms with van der Waals surface area (Å²) in [4.78, 5) is 26.2. The molecule has 0 unspecified atom stereocenters. The van der Waals surface area contributed by atoms with Gasteiger partial charge in [-0.05, 0) is 78.9 Å². The number of imide groups is 1. The third-order valence-corrected chi connectivity index (χ3v) is 6.27. The Morgan fingerprint density at radius 3 is 2.03 bits per heavy atom. The van der Waals surface area contributed by atoms with E-state index in [4.69, 9.17) is 27.9 Å². The number of hydrogen-bond donors (Lipinski definition) is 2. The summed E-state index contributed by atoms with van der Waals surface area (Å²) in [5.41, 5.74) is -0.617. The van der Waals surface area contributed by atoms with E-state index in [-0.39, 0.29) is 10.7 Å². The summed E-state index contributed by atoms with van der Waals surface area (Å²) >= 11 is 13.8. The van der Waals surface area contributed by atoms with Gasteiger partial charge in [-0.2, -0.15) is 0 Å². The predicted octanol–water partition coefficient (Wildman–Crippen LogP) is 8.18. The van der Waals surface area contributed by atoms with Crippen molar-refractivity contribution in [3.8, 4) is 11.5 Å². The molecule has 0 atom stereocenters. The van der Waals surface area contributed by atoms with Crippen LogP contribution in [0.3, 0.4) is 0 Å². The number of carbonyl (C=O) groups is 2. The van der Waals surface area contributed by atoms with Crippen LogP contribution in [0, 0.1) is 11.6 Å². The molecule has 2 N–H and O–H groups in total. The monoisotopic (exact) mass is 544 g/mol. The van der Waals surface area contributed by atoms with E-state index in [1.807, 2.05) is 41.7 Å². The van der Waals surface area contributed by atoms with Gasteiger partial charge in [0.05, 0.1) is 5.02 Å². The van der Waals surface area contributed by atoms with Crippen LogP contribution in [-0.2, 0) is 0 Å². The molecule has 0 spiro atoms. The van der Waals surface area contributed by atoms with Crippen molar-refractivity contribution in [2.45, 2.75) is 9.79 Å². The predicted molar refractivity (Wildman–Crippen MR) is 136 cm³/mol. The minimum absolute atomic E-state index is 0.193. The Bertz CT molecular complexity index is 1400. The van der Waals surface area contributed by atoms with E-state index in [1.165, 1.54) is 18.2 Å². The minimum atomic E-state index is -1.22. The highest BCUT2D eigenvalue weighted by Crippen LogP contribution is 2.34. The lowest BCUT2D eigenvalue weighted by Crippen LogP contribution is -2.35. The van der Waals surface area contributed by atoms with Crippen molar-refractivity contribution in [3.63, 3.8) is 0 Å². The van der Waals surface area contributed by atoms with Gasteiger partial charge in [0.15, 0.2) is 0 Å². The Kier molecular flexibility index (Phi) is 8.10. The molecular weight excluding hydrogens is 529 g/mol. The van der Waals surface area contributed by atoms with E-state index < -0.39 is 29.1 Å². The fourth-order valence-electron chi connectivity index (χ4n) is 3.05. The number of ether oxygens (including phenoxy) is 1. The van der Waals surface area contributed by atoms with Crippen LogP contribution in [0.1, 0.15) is 10.4 Å². The normalized spacial score (nSPS) is 10.6. The quantitative estimate of drug-likeness (QED) is 0.257. The van der Waals surface area contributed by atoms with Crippen molar-refractivity contribution in [2.24, 2.45) is 0 Å². The minimum Gasteiger partial charge on any atom is -0.456 e. The molecule has 0 aliphatic carbocycles. The molecule has 0 heterocycles. The van der Waals surface area contributed by atoms with Crippen molar-refractivity contribution < 1.29 is 23.1 Å². The molecule has 0 aliphatic rings. The summed E-state index contributed by atoms with van der Waals surface area (Å²) in [6.45, 7) is 0. The number of hydrogen-bond acceptors (Lipinski definition) is 4. The molecule has 0 aliphatic heterocycles. The van der Waals surface area contributed by atoms with Gasteiger partial charge >= 0.3 is 6.03 Å². The summed E-state index contributed by atoms with van der Waals surface area (Å²) < 4.78 is 33.3. The van der Waals surface area contributed by atoms with Crippen molar-refractivity contribution in [1.29, 1.82) is 0 Å². The molecule has 0 saturated heterocycles. The maximum absolute atomic E-state index is 13.7. The lowest BCUT2D eigenvalue weighted by atomic mass is 10.2. The topological polar surface area (TPSA) is 67.4 Å². The van der Waals surface area contributed by atoms with E-state index in [0.29, 0.717) is 16.5 Å². The van der Waals surface area contributed by atoms with Gasteiger partial charge in [0, 0.05) is 20.5 Å². The standard InChI is InChI=1S/C26H16Cl2F2N2O3S/c27-15-4-9-18(10-5-15)36-19-11-7-17(8-12-19)35-23-13-6-16(14-20(23)28)31-26(34)32-25(33)24-21(29)2-1-3-22(24)30/h1-14H,(H2,31,32,33,34). The highest BCUT2D eigenvalue weighted by Gasteiger charge is 2.19. The summed E-state index contributed by atoms with van der Waals surface area (Å²) in [5.74, 6) is -2.49. The molecule has 3 amide bonds.